The van der Waals surface area contributed by atoms with Crippen LogP contribution in [0.15, 0.2) is 54.6 Å². The number of amides is 1. The van der Waals surface area contributed by atoms with Crippen molar-refractivity contribution in [1.29, 1.82) is 0 Å². The molecule has 6 heteroatoms. The van der Waals surface area contributed by atoms with Crippen molar-refractivity contribution in [3.05, 3.63) is 64.7 Å². The Labute approximate surface area is 134 Å². The molecule has 0 aliphatic carbocycles. The molecule has 0 saturated carbocycles. The fraction of sp³-hybridized carbons (Fsp3) is 0.235. The van der Waals surface area contributed by atoms with Crippen LogP contribution in [0.3, 0.4) is 0 Å². The van der Waals surface area contributed by atoms with Crippen molar-refractivity contribution in [2.24, 2.45) is 0 Å². The molecule has 0 unspecified atom stereocenters. The zero-order valence-electron chi connectivity index (χ0n) is 12.8. The first-order valence-electron chi connectivity index (χ1n) is 7.27. The van der Waals surface area contributed by atoms with Crippen LogP contribution in [0, 0.1) is 10.1 Å². The predicted molar refractivity (Wildman–Crippen MR) is 87.7 cm³/mol. The number of hydrogen-bond acceptors (Lipinski definition) is 4. The highest BCUT2D eigenvalue weighted by Crippen LogP contribution is 2.25. The first-order chi connectivity index (χ1) is 11.1. The third kappa shape index (κ3) is 4.54. The Balaban J connectivity index is 1.82. The lowest BCUT2D eigenvalue weighted by Gasteiger charge is -2.17. The molecule has 1 amide bonds. The van der Waals surface area contributed by atoms with E-state index in [1.54, 1.807) is 30.1 Å². The summed E-state index contributed by atoms with van der Waals surface area (Å²) in [5.41, 5.74) is 0.761. The van der Waals surface area contributed by atoms with Crippen LogP contribution in [0.2, 0.25) is 0 Å². The average Bonchev–Trinajstić information content (AvgIpc) is 2.58. The lowest BCUT2D eigenvalue weighted by molar-refractivity contribution is -0.385. The number of rotatable bonds is 7. The number of nitro benzene ring substituents is 1. The minimum absolute atomic E-state index is 0.0256. The molecule has 0 fully saturated rings. The number of anilines is 1. The molecule has 0 aromatic heterocycles. The van der Waals surface area contributed by atoms with E-state index in [2.05, 4.69) is 0 Å². The maximum Gasteiger partial charge on any atom is 0.310 e. The molecule has 0 aliphatic rings. The third-order valence-electron chi connectivity index (χ3n) is 3.37. The topological polar surface area (TPSA) is 72.7 Å². The van der Waals surface area contributed by atoms with Crippen LogP contribution in [0.25, 0.3) is 0 Å². The highest BCUT2D eigenvalue weighted by molar-refractivity contribution is 5.92. The van der Waals surface area contributed by atoms with Gasteiger partial charge < -0.3 is 9.64 Å². The van der Waals surface area contributed by atoms with Crippen LogP contribution < -0.4 is 9.64 Å². The molecule has 0 spiro atoms. The van der Waals surface area contributed by atoms with Gasteiger partial charge in [0.1, 0.15) is 0 Å². The van der Waals surface area contributed by atoms with Gasteiger partial charge in [0, 0.05) is 25.2 Å². The smallest absolute Gasteiger partial charge is 0.310 e. The Kier molecular flexibility index (Phi) is 5.68. The van der Waals surface area contributed by atoms with E-state index >= 15 is 0 Å². The molecular weight excluding hydrogens is 296 g/mol. The number of hydrogen-bond donors (Lipinski definition) is 0. The van der Waals surface area contributed by atoms with E-state index in [1.165, 1.54) is 6.07 Å². The van der Waals surface area contributed by atoms with E-state index in [-0.39, 0.29) is 24.0 Å². The van der Waals surface area contributed by atoms with Crippen LogP contribution >= 0.6 is 0 Å². The van der Waals surface area contributed by atoms with E-state index in [9.17, 15) is 14.9 Å². The molecule has 2 aromatic rings. The molecule has 120 valence electrons. The minimum atomic E-state index is -0.482. The van der Waals surface area contributed by atoms with Gasteiger partial charge in [-0.15, -0.1) is 0 Å². The van der Waals surface area contributed by atoms with E-state index in [0.29, 0.717) is 12.8 Å². The second-order valence-electron chi connectivity index (χ2n) is 4.97. The maximum atomic E-state index is 12.1. The highest BCUT2D eigenvalue weighted by atomic mass is 16.6. The molecule has 0 bridgehead atoms. The van der Waals surface area contributed by atoms with E-state index < -0.39 is 4.92 Å². The van der Waals surface area contributed by atoms with Crippen LogP contribution in [0.4, 0.5) is 11.4 Å². The summed E-state index contributed by atoms with van der Waals surface area (Å²) >= 11 is 0. The molecule has 0 saturated heterocycles. The van der Waals surface area contributed by atoms with Gasteiger partial charge in [-0.1, -0.05) is 30.3 Å². The number of nitro groups is 1. The van der Waals surface area contributed by atoms with Crippen LogP contribution in [0.1, 0.15) is 12.8 Å². The van der Waals surface area contributed by atoms with Gasteiger partial charge in [-0.25, -0.2) is 0 Å². The van der Waals surface area contributed by atoms with Crippen molar-refractivity contribution in [3.63, 3.8) is 0 Å². The minimum Gasteiger partial charge on any atom is -0.487 e. The van der Waals surface area contributed by atoms with E-state index in [1.807, 2.05) is 30.3 Å². The quantitative estimate of drug-likeness (QED) is 0.446. The Morgan fingerprint density at radius 2 is 1.78 bits per heavy atom. The van der Waals surface area contributed by atoms with Crippen molar-refractivity contribution < 1.29 is 14.5 Å². The fourth-order valence-corrected chi connectivity index (χ4v) is 2.10. The highest BCUT2D eigenvalue weighted by Gasteiger charge is 2.14. The number of ether oxygens (including phenoxy) is 1. The Morgan fingerprint density at radius 1 is 1.13 bits per heavy atom. The second kappa shape index (κ2) is 7.93. The summed E-state index contributed by atoms with van der Waals surface area (Å²) in [5.74, 6) is 0.198. The van der Waals surface area contributed by atoms with Gasteiger partial charge in [-0.2, -0.15) is 0 Å². The number of carbonyl (C=O) groups is 1. The molecule has 0 atom stereocenters. The molecular formula is C17H18N2O4. The SMILES string of the molecule is CN(C(=O)CCCOc1ccccc1[N+](=O)[O-])c1ccccc1. The molecule has 23 heavy (non-hydrogen) atoms. The average molecular weight is 314 g/mol. The van der Waals surface area contributed by atoms with Gasteiger partial charge in [0.15, 0.2) is 5.75 Å². The molecule has 0 aliphatic heterocycles. The lowest BCUT2D eigenvalue weighted by atomic mass is 10.2. The van der Waals surface area contributed by atoms with Crippen molar-refractivity contribution >= 4 is 17.3 Å². The molecule has 2 rings (SSSR count). The summed E-state index contributed by atoms with van der Waals surface area (Å²) in [4.78, 5) is 24.1. The van der Waals surface area contributed by atoms with Gasteiger partial charge in [-0.05, 0) is 24.6 Å². The van der Waals surface area contributed by atoms with E-state index in [0.717, 1.165) is 5.69 Å². The van der Waals surface area contributed by atoms with Crippen molar-refractivity contribution in [1.82, 2.24) is 0 Å². The Morgan fingerprint density at radius 3 is 2.48 bits per heavy atom. The van der Waals surface area contributed by atoms with E-state index in [4.69, 9.17) is 4.74 Å². The van der Waals surface area contributed by atoms with Crippen LogP contribution in [-0.4, -0.2) is 24.5 Å². The van der Waals surface area contributed by atoms with Gasteiger partial charge in [0.2, 0.25) is 5.91 Å². The molecule has 0 radical (unpaired) electrons. The Hall–Kier alpha value is -2.89. The maximum absolute atomic E-state index is 12.1. The summed E-state index contributed by atoms with van der Waals surface area (Å²) in [7, 11) is 1.72. The molecule has 0 heterocycles. The number of carbonyl (C=O) groups excluding carboxylic acids is 1. The van der Waals surface area contributed by atoms with Crippen molar-refractivity contribution in [3.8, 4) is 5.75 Å². The Bertz CT molecular complexity index is 673. The fourth-order valence-electron chi connectivity index (χ4n) is 2.10. The monoisotopic (exact) mass is 314 g/mol. The third-order valence-corrected chi connectivity index (χ3v) is 3.37. The second-order valence-corrected chi connectivity index (χ2v) is 4.97. The zero-order chi connectivity index (χ0) is 16.7. The standard InChI is InChI=1S/C17H18N2O4/c1-18(14-8-3-2-4-9-14)17(20)12-7-13-23-16-11-6-5-10-15(16)19(21)22/h2-6,8-11H,7,12-13H2,1H3. The van der Waals surface area contributed by atoms with Crippen LogP contribution in [0.5, 0.6) is 5.75 Å². The largest absolute Gasteiger partial charge is 0.487 e. The summed E-state index contributed by atoms with van der Waals surface area (Å²) in [6, 6.07) is 15.6. The number of nitrogens with zero attached hydrogens (tertiary/aromatic N) is 2. The van der Waals surface area contributed by atoms with Gasteiger partial charge in [-0.3, -0.25) is 14.9 Å². The van der Waals surface area contributed by atoms with Gasteiger partial charge >= 0.3 is 5.69 Å². The van der Waals surface area contributed by atoms with Crippen LogP contribution in [-0.2, 0) is 4.79 Å². The summed E-state index contributed by atoms with van der Waals surface area (Å²) in [6.07, 6.45) is 0.800. The van der Waals surface area contributed by atoms with Crippen molar-refractivity contribution in [2.75, 3.05) is 18.6 Å². The first-order valence-corrected chi connectivity index (χ1v) is 7.27. The summed E-state index contributed by atoms with van der Waals surface area (Å²) in [6.45, 7) is 0.249. The molecule has 2 aromatic carbocycles. The lowest BCUT2D eigenvalue weighted by Crippen LogP contribution is -2.26. The normalized spacial score (nSPS) is 10.1. The molecule has 0 N–H and O–H groups in total. The first kappa shape index (κ1) is 16.5. The van der Waals surface area contributed by atoms with Gasteiger partial charge in [0.25, 0.3) is 0 Å². The zero-order valence-corrected chi connectivity index (χ0v) is 12.8. The summed E-state index contributed by atoms with van der Waals surface area (Å²) in [5, 5.41) is 10.9. The van der Waals surface area contributed by atoms with Gasteiger partial charge in [0.05, 0.1) is 11.5 Å². The molecule has 6 nitrogen and oxygen atoms in total. The number of benzene rings is 2. The number of para-hydroxylation sites is 3. The van der Waals surface area contributed by atoms with Crippen molar-refractivity contribution in [2.45, 2.75) is 12.8 Å². The predicted octanol–water partition coefficient (Wildman–Crippen LogP) is 3.42. The summed E-state index contributed by atoms with van der Waals surface area (Å²) < 4.78 is 5.42.